The van der Waals surface area contributed by atoms with E-state index in [2.05, 4.69) is 0 Å². The molecule has 4 atom stereocenters. The van der Waals surface area contributed by atoms with Gasteiger partial charge in [0, 0.05) is 37.3 Å². The van der Waals surface area contributed by atoms with Gasteiger partial charge in [-0.1, -0.05) is 18.2 Å². The first kappa shape index (κ1) is 19.3. The first-order chi connectivity index (χ1) is 13.9. The molecule has 1 fully saturated rings. The van der Waals surface area contributed by atoms with Gasteiger partial charge in [-0.05, 0) is 18.2 Å². The van der Waals surface area contributed by atoms with Crippen molar-refractivity contribution in [2.75, 3.05) is 13.7 Å². The molecule has 1 aromatic carbocycles. The van der Waals surface area contributed by atoms with Crippen molar-refractivity contribution in [2.24, 2.45) is 11.8 Å². The number of aliphatic hydroxyl groups is 1. The molecule has 7 nitrogen and oxygen atoms in total. The summed E-state index contributed by atoms with van der Waals surface area (Å²) in [4.78, 5) is 39.6. The topological polar surface area (TPSA) is 88.8 Å². The monoisotopic (exact) mass is 400 g/mol. The number of methoxy groups -OCH3 is 1. The van der Waals surface area contributed by atoms with E-state index in [-0.39, 0.29) is 30.2 Å². The van der Waals surface area contributed by atoms with Crippen LogP contribution in [0.4, 0.5) is 4.39 Å². The van der Waals surface area contributed by atoms with Crippen LogP contribution in [0.5, 0.6) is 0 Å². The maximum atomic E-state index is 14.3. The average Bonchev–Trinajstić information content (AvgIpc) is 2.96. The normalized spacial score (nSPS) is 24.9. The minimum atomic E-state index is -0.786. The molecule has 2 aromatic rings. The molecular formula is C21H21FN2O5. The van der Waals surface area contributed by atoms with Gasteiger partial charge >= 0.3 is 5.97 Å². The maximum absolute atomic E-state index is 14.3. The van der Waals surface area contributed by atoms with Gasteiger partial charge < -0.3 is 19.3 Å². The van der Waals surface area contributed by atoms with Crippen LogP contribution in [-0.2, 0) is 20.9 Å². The fourth-order valence-electron chi connectivity index (χ4n) is 4.82. The Balaban J connectivity index is 1.91. The van der Waals surface area contributed by atoms with Gasteiger partial charge in [-0.2, -0.15) is 0 Å². The molecule has 2 aliphatic rings. The molecule has 2 bridgehead atoms. The van der Waals surface area contributed by atoms with Crippen molar-refractivity contribution in [1.29, 1.82) is 0 Å². The number of esters is 1. The van der Waals surface area contributed by atoms with Crippen LogP contribution < -0.4 is 5.56 Å². The second-order valence-electron chi connectivity index (χ2n) is 7.40. The van der Waals surface area contributed by atoms with E-state index in [0.717, 1.165) is 0 Å². The number of hydrogen-bond donors (Lipinski definition) is 1. The van der Waals surface area contributed by atoms with Crippen LogP contribution in [0.25, 0.3) is 11.1 Å². The summed E-state index contributed by atoms with van der Waals surface area (Å²) in [7, 11) is 1.26. The molecule has 0 unspecified atom stereocenters. The number of benzene rings is 1. The SMILES string of the molecule is COC(=O)[C@H]1[C@H](CO)[C@H]2Cn3c(ccc(-c4ccccc4F)c3=O)[C@@H]1N2C(C)=O. The van der Waals surface area contributed by atoms with E-state index >= 15 is 0 Å². The molecule has 0 radical (unpaired) electrons. The van der Waals surface area contributed by atoms with Gasteiger partial charge in [0.25, 0.3) is 5.56 Å². The lowest BCUT2D eigenvalue weighted by Crippen LogP contribution is -2.48. The summed E-state index contributed by atoms with van der Waals surface area (Å²) in [5, 5.41) is 9.96. The zero-order chi connectivity index (χ0) is 20.9. The van der Waals surface area contributed by atoms with Crippen LogP contribution in [-0.4, -0.2) is 46.2 Å². The summed E-state index contributed by atoms with van der Waals surface area (Å²) >= 11 is 0. The molecule has 8 heteroatoms. The first-order valence-corrected chi connectivity index (χ1v) is 9.37. The summed E-state index contributed by atoms with van der Waals surface area (Å²) in [5.41, 5.74) is 0.482. The fourth-order valence-corrected chi connectivity index (χ4v) is 4.82. The number of pyridine rings is 1. The van der Waals surface area contributed by atoms with Gasteiger partial charge in [-0.25, -0.2) is 4.39 Å². The average molecular weight is 400 g/mol. The maximum Gasteiger partial charge on any atom is 0.311 e. The molecule has 152 valence electrons. The molecule has 4 rings (SSSR count). The Bertz CT molecular complexity index is 1050. The Hall–Kier alpha value is -3.00. The van der Waals surface area contributed by atoms with Crippen LogP contribution >= 0.6 is 0 Å². The fraction of sp³-hybridized carbons (Fsp3) is 0.381. The number of rotatable bonds is 3. The summed E-state index contributed by atoms with van der Waals surface area (Å²) in [6.45, 7) is 1.19. The number of ether oxygens (including phenoxy) is 1. The smallest absolute Gasteiger partial charge is 0.311 e. The van der Waals surface area contributed by atoms with Crippen molar-refractivity contribution in [1.82, 2.24) is 9.47 Å². The number of aromatic nitrogens is 1. The Kier molecular flexibility index (Phi) is 4.74. The van der Waals surface area contributed by atoms with Crippen molar-refractivity contribution in [2.45, 2.75) is 25.6 Å². The van der Waals surface area contributed by atoms with Gasteiger partial charge in [-0.15, -0.1) is 0 Å². The summed E-state index contributed by atoms with van der Waals surface area (Å²) in [5.74, 6) is -2.64. The molecule has 0 spiro atoms. The lowest BCUT2D eigenvalue weighted by atomic mass is 9.87. The largest absolute Gasteiger partial charge is 0.469 e. The third-order valence-electron chi connectivity index (χ3n) is 6.05. The van der Waals surface area contributed by atoms with Gasteiger partial charge in [0.15, 0.2) is 0 Å². The van der Waals surface area contributed by atoms with Gasteiger partial charge in [0.05, 0.1) is 30.7 Å². The second kappa shape index (κ2) is 7.11. The summed E-state index contributed by atoms with van der Waals surface area (Å²) < 4.78 is 20.7. The summed E-state index contributed by atoms with van der Waals surface area (Å²) in [6.07, 6.45) is 0. The van der Waals surface area contributed by atoms with Gasteiger partial charge in [-0.3, -0.25) is 14.4 Å². The van der Waals surface area contributed by atoms with Crippen LogP contribution in [0.1, 0.15) is 18.7 Å². The molecule has 2 aliphatic heterocycles. The lowest BCUT2D eigenvalue weighted by Gasteiger charge is -2.37. The van der Waals surface area contributed by atoms with Crippen molar-refractivity contribution in [3.8, 4) is 11.1 Å². The minimum Gasteiger partial charge on any atom is -0.469 e. The predicted octanol–water partition coefficient (Wildman–Crippen LogP) is 1.34. The van der Waals surface area contributed by atoms with Crippen molar-refractivity contribution >= 4 is 11.9 Å². The van der Waals surface area contributed by atoms with Crippen molar-refractivity contribution < 1.29 is 23.8 Å². The number of fused-ring (bicyclic) bond motifs is 4. The highest BCUT2D eigenvalue weighted by Gasteiger charge is 2.57. The Labute approximate surface area is 166 Å². The van der Waals surface area contributed by atoms with Crippen LogP contribution in [0.2, 0.25) is 0 Å². The number of halogens is 1. The number of aliphatic hydroxyl groups excluding tert-OH is 1. The number of amides is 1. The van der Waals surface area contributed by atoms with Gasteiger partial charge in [0.2, 0.25) is 5.91 Å². The van der Waals surface area contributed by atoms with Crippen LogP contribution in [0.3, 0.4) is 0 Å². The van der Waals surface area contributed by atoms with E-state index in [0.29, 0.717) is 5.69 Å². The molecule has 0 saturated carbocycles. The quantitative estimate of drug-likeness (QED) is 0.786. The zero-order valence-electron chi connectivity index (χ0n) is 16.0. The van der Waals surface area contributed by atoms with Crippen molar-refractivity contribution in [3.05, 3.63) is 58.3 Å². The van der Waals surface area contributed by atoms with E-state index in [4.69, 9.17) is 4.74 Å². The molecular weight excluding hydrogens is 379 g/mol. The number of hydrogen-bond acceptors (Lipinski definition) is 5. The highest BCUT2D eigenvalue weighted by Crippen LogP contribution is 2.48. The molecule has 1 N–H and O–H groups in total. The van der Waals surface area contributed by atoms with E-state index < -0.39 is 41.3 Å². The minimum absolute atomic E-state index is 0.116. The number of nitrogens with zero attached hydrogens (tertiary/aromatic N) is 2. The summed E-state index contributed by atoms with van der Waals surface area (Å²) in [6, 6.07) is 7.93. The van der Waals surface area contributed by atoms with E-state index in [9.17, 15) is 23.9 Å². The van der Waals surface area contributed by atoms with E-state index in [1.807, 2.05) is 0 Å². The number of carbonyl (C=O) groups is 2. The molecule has 1 aromatic heterocycles. The molecule has 3 heterocycles. The van der Waals surface area contributed by atoms with Crippen LogP contribution in [0.15, 0.2) is 41.2 Å². The third-order valence-corrected chi connectivity index (χ3v) is 6.05. The zero-order valence-corrected chi connectivity index (χ0v) is 16.0. The Morgan fingerprint density at radius 3 is 2.55 bits per heavy atom. The third kappa shape index (κ3) is 2.78. The Morgan fingerprint density at radius 1 is 1.21 bits per heavy atom. The van der Waals surface area contributed by atoms with E-state index in [1.54, 1.807) is 23.1 Å². The molecule has 29 heavy (non-hydrogen) atoms. The van der Waals surface area contributed by atoms with Crippen molar-refractivity contribution in [3.63, 3.8) is 0 Å². The van der Waals surface area contributed by atoms with E-state index in [1.165, 1.54) is 36.8 Å². The lowest BCUT2D eigenvalue weighted by molar-refractivity contribution is -0.148. The standard InChI is InChI=1S/C21H21FN2O5/c1-11(26)24-17-9-23-16(19(24)18(14(17)10-25)21(28)29-2)8-7-13(20(23)27)12-5-3-4-6-15(12)22/h3-8,14,17-19,25H,9-10H2,1-2H3/t14-,17-,18+,19+/m1/s1. The Morgan fingerprint density at radius 2 is 1.93 bits per heavy atom. The second-order valence-corrected chi connectivity index (χ2v) is 7.40. The molecule has 0 aliphatic carbocycles. The first-order valence-electron chi connectivity index (χ1n) is 9.37. The van der Waals surface area contributed by atoms with Gasteiger partial charge in [0.1, 0.15) is 5.82 Å². The molecule has 1 amide bonds. The molecule has 1 saturated heterocycles. The number of carbonyl (C=O) groups excluding carboxylic acids is 2. The highest BCUT2D eigenvalue weighted by atomic mass is 19.1. The predicted molar refractivity (Wildman–Crippen MR) is 101 cm³/mol. The van der Waals surface area contributed by atoms with Crippen LogP contribution in [0, 0.1) is 17.7 Å². The highest BCUT2D eigenvalue weighted by molar-refractivity contribution is 5.80.